The Bertz CT molecular complexity index is 1670. The van der Waals surface area contributed by atoms with Crippen LogP contribution in [0.5, 0.6) is 5.75 Å². The van der Waals surface area contributed by atoms with Crippen molar-refractivity contribution in [3.8, 4) is 17.3 Å². The van der Waals surface area contributed by atoms with E-state index in [0.717, 1.165) is 0 Å². The number of para-hydroxylation sites is 1. The van der Waals surface area contributed by atoms with Crippen LogP contribution >= 0.6 is 0 Å². The Morgan fingerprint density at radius 2 is 1.85 bits per heavy atom. The van der Waals surface area contributed by atoms with Gasteiger partial charge in [0.2, 0.25) is 0 Å². The molecule has 0 spiro atoms. The maximum Gasteiger partial charge on any atom is 0.184 e. The van der Waals surface area contributed by atoms with E-state index in [9.17, 15) is 8.78 Å². The number of aromatic nitrogens is 6. The molecule has 1 aliphatic heterocycles. The molecule has 0 saturated carbocycles. The van der Waals surface area contributed by atoms with Crippen LogP contribution in [0.4, 0.5) is 31.9 Å². The first-order valence-electron chi connectivity index (χ1n) is 13.1. The van der Waals surface area contributed by atoms with Gasteiger partial charge < -0.3 is 25.4 Å². The van der Waals surface area contributed by atoms with E-state index in [1.54, 1.807) is 19.2 Å². The molecule has 0 amide bonds. The van der Waals surface area contributed by atoms with Crippen LogP contribution in [0.2, 0.25) is 0 Å². The predicted octanol–water partition coefficient (Wildman–Crippen LogP) is 4.17. The molecule has 4 heterocycles. The van der Waals surface area contributed by atoms with Crippen molar-refractivity contribution in [1.82, 2.24) is 29.7 Å². The van der Waals surface area contributed by atoms with E-state index in [-0.39, 0.29) is 29.5 Å². The van der Waals surface area contributed by atoms with E-state index < -0.39 is 11.6 Å². The summed E-state index contributed by atoms with van der Waals surface area (Å²) in [6.45, 7) is 4.21. The number of hydrogen-bond donors (Lipinski definition) is 2. The van der Waals surface area contributed by atoms with Crippen LogP contribution in [0.3, 0.4) is 0 Å². The Morgan fingerprint density at radius 3 is 2.59 bits per heavy atom. The van der Waals surface area contributed by atoms with Crippen molar-refractivity contribution < 1.29 is 18.3 Å². The number of nitrogens with zero attached hydrogens (tertiary/aromatic N) is 7. The van der Waals surface area contributed by atoms with E-state index in [2.05, 4.69) is 25.2 Å². The monoisotopic (exact) mass is 559 g/mol. The molecule has 11 nitrogen and oxygen atoms in total. The van der Waals surface area contributed by atoms with Gasteiger partial charge in [-0.3, -0.25) is 4.68 Å². The van der Waals surface area contributed by atoms with Crippen molar-refractivity contribution in [3.63, 3.8) is 0 Å². The largest absolute Gasteiger partial charge is 0.494 e. The smallest absolute Gasteiger partial charge is 0.184 e. The fourth-order valence-corrected chi connectivity index (χ4v) is 4.79. The lowest BCUT2D eigenvalue weighted by Crippen LogP contribution is -2.37. The molecule has 3 aromatic heterocycles. The molecule has 5 aromatic rings. The summed E-state index contributed by atoms with van der Waals surface area (Å²) in [7, 11) is 0. The van der Waals surface area contributed by atoms with Crippen LogP contribution in [-0.4, -0.2) is 62.6 Å². The molecule has 3 N–H and O–H groups in total. The first-order valence-corrected chi connectivity index (χ1v) is 13.1. The molecule has 210 valence electrons. The highest BCUT2D eigenvalue weighted by Crippen LogP contribution is 2.36. The van der Waals surface area contributed by atoms with Gasteiger partial charge in [-0.15, -0.1) is 0 Å². The van der Waals surface area contributed by atoms with Gasteiger partial charge in [-0.05, 0) is 19.1 Å². The predicted molar refractivity (Wildman–Crippen MR) is 150 cm³/mol. The van der Waals surface area contributed by atoms with Crippen LogP contribution in [0.1, 0.15) is 12.5 Å². The fourth-order valence-electron chi connectivity index (χ4n) is 4.79. The molecule has 6 rings (SSSR count). The number of fused-ring (bicyclic) bond motifs is 1. The third kappa shape index (κ3) is 5.31. The third-order valence-electron chi connectivity index (χ3n) is 6.67. The third-order valence-corrected chi connectivity index (χ3v) is 6.67. The number of anilines is 4. The minimum atomic E-state index is -0.721. The van der Waals surface area contributed by atoms with Gasteiger partial charge >= 0.3 is 0 Å². The zero-order valence-electron chi connectivity index (χ0n) is 22.2. The van der Waals surface area contributed by atoms with Crippen molar-refractivity contribution >= 4 is 34.0 Å². The zero-order valence-corrected chi connectivity index (χ0v) is 22.2. The highest BCUT2D eigenvalue weighted by molar-refractivity contribution is 5.93. The molecule has 0 unspecified atom stereocenters. The summed E-state index contributed by atoms with van der Waals surface area (Å²) in [5, 5.41) is 8.65. The van der Waals surface area contributed by atoms with Gasteiger partial charge in [-0.2, -0.15) is 5.10 Å². The van der Waals surface area contributed by atoms with Crippen LogP contribution in [-0.2, 0) is 11.3 Å². The van der Waals surface area contributed by atoms with Gasteiger partial charge in [-0.25, -0.2) is 28.7 Å². The summed E-state index contributed by atoms with van der Waals surface area (Å²) in [5.41, 5.74) is 8.10. The summed E-state index contributed by atoms with van der Waals surface area (Å²) in [6.07, 6.45) is 3.04. The maximum absolute atomic E-state index is 14.9. The molecular weight excluding hydrogens is 532 g/mol. The van der Waals surface area contributed by atoms with E-state index >= 15 is 0 Å². The van der Waals surface area contributed by atoms with Gasteiger partial charge in [0.15, 0.2) is 17.5 Å². The van der Waals surface area contributed by atoms with Gasteiger partial charge in [0.1, 0.15) is 40.9 Å². The second-order valence-corrected chi connectivity index (χ2v) is 9.27. The van der Waals surface area contributed by atoms with Crippen LogP contribution in [0.25, 0.3) is 22.4 Å². The van der Waals surface area contributed by atoms with Gasteiger partial charge in [0.25, 0.3) is 0 Å². The normalized spacial score (nSPS) is 13.5. The molecular formula is C28H27F2N9O2. The number of ether oxygens (including phenoxy) is 2. The lowest BCUT2D eigenvalue weighted by molar-refractivity contribution is 0.123. The van der Waals surface area contributed by atoms with Crippen molar-refractivity contribution in [2.75, 3.05) is 48.9 Å². The summed E-state index contributed by atoms with van der Waals surface area (Å²) in [5.74, 6) is 0.146. The SMILES string of the molecule is CCOc1cc(F)c(Cn2nc(-c3nc(N)c(N4CCOCC4)c(Nc4ccncn4)n3)c3ccccc32)c(F)c1. The number of morpholine rings is 1. The lowest BCUT2D eigenvalue weighted by atomic mass is 10.1. The summed E-state index contributed by atoms with van der Waals surface area (Å²) in [4.78, 5) is 19.7. The Balaban J connectivity index is 1.45. The Kier molecular flexibility index (Phi) is 7.25. The molecule has 0 atom stereocenters. The number of rotatable bonds is 8. The maximum atomic E-state index is 14.9. The number of nitrogens with two attached hydrogens (primary N) is 1. The Morgan fingerprint density at radius 1 is 1.07 bits per heavy atom. The van der Waals surface area contributed by atoms with Crippen LogP contribution in [0, 0.1) is 11.6 Å². The zero-order chi connectivity index (χ0) is 28.3. The second kappa shape index (κ2) is 11.3. The molecule has 2 aromatic carbocycles. The minimum Gasteiger partial charge on any atom is -0.494 e. The molecule has 0 radical (unpaired) electrons. The fraction of sp³-hybridized carbons (Fsp3) is 0.250. The molecule has 13 heteroatoms. The second-order valence-electron chi connectivity index (χ2n) is 9.27. The standard InChI is InChI=1S/C28H27F2N9O2/c1-2-41-17-13-20(29)19(21(30)14-17)15-39-22-6-4-3-5-18(22)24(37-39)27-35-26(31)25(38-9-11-40-12-10-38)28(36-27)34-23-7-8-32-16-33-23/h3-8,13-14,16H,2,9-12,15H2,1H3,(H3,31,32,33,34,35,36). The first-order chi connectivity index (χ1) is 20.0. The molecule has 1 fully saturated rings. The molecule has 0 aliphatic carbocycles. The van der Waals surface area contributed by atoms with Crippen molar-refractivity contribution in [2.24, 2.45) is 0 Å². The van der Waals surface area contributed by atoms with Crippen molar-refractivity contribution in [1.29, 1.82) is 0 Å². The van der Waals surface area contributed by atoms with Crippen molar-refractivity contribution in [2.45, 2.75) is 13.5 Å². The summed E-state index contributed by atoms with van der Waals surface area (Å²) in [6, 6.07) is 11.4. The van der Waals surface area contributed by atoms with Crippen LogP contribution < -0.4 is 20.7 Å². The average Bonchev–Trinajstić information content (AvgIpc) is 3.34. The number of nitrogen functional groups attached to an aromatic ring is 1. The number of hydrogen-bond acceptors (Lipinski definition) is 10. The highest BCUT2D eigenvalue weighted by Gasteiger charge is 2.25. The summed E-state index contributed by atoms with van der Waals surface area (Å²) < 4.78 is 42.2. The number of nitrogens with one attached hydrogen (secondary N) is 1. The summed E-state index contributed by atoms with van der Waals surface area (Å²) >= 11 is 0. The van der Waals surface area contributed by atoms with E-state index in [1.165, 1.54) is 23.1 Å². The topological polar surface area (TPSA) is 129 Å². The number of benzene rings is 2. The van der Waals surface area contributed by atoms with E-state index in [1.807, 2.05) is 24.3 Å². The van der Waals surface area contributed by atoms with Gasteiger partial charge in [0.05, 0.1) is 31.9 Å². The molecule has 1 saturated heterocycles. The first kappa shape index (κ1) is 26.3. The minimum absolute atomic E-state index is 0.130. The van der Waals surface area contributed by atoms with Gasteiger partial charge in [-0.1, -0.05) is 18.2 Å². The number of halogens is 2. The van der Waals surface area contributed by atoms with E-state index in [4.69, 9.17) is 25.3 Å². The highest BCUT2D eigenvalue weighted by atomic mass is 19.1. The Labute approximate surface area is 234 Å². The molecule has 41 heavy (non-hydrogen) atoms. The lowest BCUT2D eigenvalue weighted by Gasteiger charge is -2.30. The quantitative estimate of drug-likeness (QED) is 0.286. The average molecular weight is 560 g/mol. The van der Waals surface area contributed by atoms with Crippen molar-refractivity contribution in [3.05, 3.63) is 72.2 Å². The molecule has 1 aliphatic rings. The Hall–Kier alpha value is -4.91. The van der Waals surface area contributed by atoms with Gasteiger partial charge in [0, 0.05) is 42.4 Å². The molecule has 0 bridgehead atoms. The van der Waals surface area contributed by atoms with Crippen LogP contribution in [0.15, 0.2) is 55.0 Å². The van der Waals surface area contributed by atoms with E-state index in [0.29, 0.717) is 66.8 Å².